The average molecular weight is 403 g/mol. The molecule has 0 aliphatic carbocycles. The molecule has 1 amide bonds. The third kappa shape index (κ3) is 3.54. The van der Waals surface area contributed by atoms with Crippen molar-refractivity contribution in [1.82, 2.24) is 14.8 Å². The third-order valence-electron chi connectivity index (χ3n) is 5.31. The van der Waals surface area contributed by atoms with Crippen molar-refractivity contribution < 1.29 is 9.53 Å². The van der Waals surface area contributed by atoms with Crippen molar-refractivity contribution in [2.75, 3.05) is 17.7 Å². The number of nitrogens with one attached hydrogen (secondary N) is 2. The molecule has 1 aliphatic rings. The van der Waals surface area contributed by atoms with E-state index in [2.05, 4.69) is 58.8 Å². The van der Waals surface area contributed by atoms with E-state index in [1.165, 1.54) is 11.9 Å². The minimum atomic E-state index is -0.389. The second-order valence-electron chi connectivity index (χ2n) is 7.57. The van der Waals surface area contributed by atoms with E-state index in [1.54, 1.807) is 11.8 Å². The van der Waals surface area contributed by atoms with Crippen LogP contribution in [0.15, 0.2) is 66.1 Å². The standard InChI is InChI=1S/C23H25N5O2/c1-14(2)16-9-11-17(12-10-16)21-20(15(3)26-23-24-13-25-28(21)23)22(29)27-18-7-5-6-8-19(18)30-4/h5-14,21H,1-4H3,(H,27,29)(H,24,25,26)/t21-/m0/s1. The van der Waals surface area contributed by atoms with Crippen molar-refractivity contribution in [2.45, 2.75) is 32.7 Å². The maximum Gasteiger partial charge on any atom is 0.255 e. The van der Waals surface area contributed by atoms with Crippen LogP contribution in [0, 0.1) is 0 Å². The molecule has 1 aliphatic heterocycles. The predicted octanol–water partition coefficient (Wildman–Crippen LogP) is 4.34. The van der Waals surface area contributed by atoms with Gasteiger partial charge in [-0.1, -0.05) is 50.2 Å². The van der Waals surface area contributed by atoms with Gasteiger partial charge in [0.1, 0.15) is 18.1 Å². The molecule has 2 aromatic carbocycles. The van der Waals surface area contributed by atoms with Crippen LogP contribution in [0.4, 0.5) is 11.6 Å². The summed E-state index contributed by atoms with van der Waals surface area (Å²) in [5.74, 6) is 1.43. The van der Waals surface area contributed by atoms with Gasteiger partial charge in [0, 0.05) is 5.70 Å². The molecule has 2 N–H and O–H groups in total. The molecule has 0 saturated carbocycles. The van der Waals surface area contributed by atoms with E-state index in [4.69, 9.17) is 4.74 Å². The number of hydrogen-bond donors (Lipinski definition) is 2. The Morgan fingerprint density at radius 1 is 1.17 bits per heavy atom. The fourth-order valence-electron chi connectivity index (χ4n) is 3.69. The summed E-state index contributed by atoms with van der Waals surface area (Å²) in [6.07, 6.45) is 1.49. The van der Waals surface area contributed by atoms with Gasteiger partial charge in [0.15, 0.2) is 0 Å². The van der Waals surface area contributed by atoms with Crippen LogP contribution in [0.5, 0.6) is 5.75 Å². The molecule has 0 unspecified atom stereocenters. The van der Waals surface area contributed by atoms with Crippen molar-refractivity contribution >= 4 is 17.5 Å². The largest absolute Gasteiger partial charge is 0.495 e. The summed E-state index contributed by atoms with van der Waals surface area (Å²) in [6.45, 7) is 6.20. The van der Waals surface area contributed by atoms with Gasteiger partial charge in [0.25, 0.3) is 5.91 Å². The Bertz CT molecular complexity index is 1100. The first-order valence-corrected chi connectivity index (χ1v) is 9.91. The molecule has 1 atom stereocenters. The number of aromatic nitrogens is 3. The fraction of sp³-hybridized carbons (Fsp3) is 0.261. The van der Waals surface area contributed by atoms with E-state index < -0.39 is 0 Å². The van der Waals surface area contributed by atoms with Crippen LogP contribution >= 0.6 is 0 Å². The summed E-state index contributed by atoms with van der Waals surface area (Å²) in [5, 5.41) is 10.6. The maximum absolute atomic E-state index is 13.4. The summed E-state index contributed by atoms with van der Waals surface area (Å²) in [5.41, 5.74) is 4.14. The molecule has 3 aromatic rings. The van der Waals surface area contributed by atoms with Crippen LogP contribution in [0.1, 0.15) is 43.9 Å². The highest BCUT2D eigenvalue weighted by molar-refractivity contribution is 6.06. The van der Waals surface area contributed by atoms with Gasteiger partial charge in [0.2, 0.25) is 5.95 Å². The summed E-state index contributed by atoms with van der Waals surface area (Å²) in [7, 11) is 1.58. The van der Waals surface area contributed by atoms with Gasteiger partial charge in [-0.2, -0.15) is 10.1 Å². The minimum absolute atomic E-state index is 0.219. The Morgan fingerprint density at radius 3 is 2.60 bits per heavy atom. The summed E-state index contributed by atoms with van der Waals surface area (Å²) in [6, 6.07) is 15.3. The lowest BCUT2D eigenvalue weighted by Gasteiger charge is -2.29. The van der Waals surface area contributed by atoms with E-state index >= 15 is 0 Å². The molecule has 30 heavy (non-hydrogen) atoms. The van der Waals surface area contributed by atoms with E-state index in [0.29, 0.717) is 28.9 Å². The maximum atomic E-state index is 13.4. The Kier molecular flexibility index (Phi) is 5.27. The molecule has 0 radical (unpaired) electrons. The number of carbonyl (C=O) groups excluding carboxylic acids is 1. The number of benzene rings is 2. The Hall–Kier alpha value is -3.61. The predicted molar refractivity (Wildman–Crippen MR) is 117 cm³/mol. The fourth-order valence-corrected chi connectivity index (χ4v) is 3.69. The molecular formula is C23H25N5O2. The number of nitrogens with zero attached hydrogens (tertiary/aromatic N) is 3. The number of rotatable bonds is 5. The smallest absolute Gasteiger partial charge is 0.255 e. The molecule has 1 aromatic heterocycles. The molecule has 0 saturated heterocycles. The van der Waals surface area contributed by atoms with Gasteiger partial charge >= 0.3 is 0 Å². The number of carbonyl (C=O) groups is 1. The molecule has 0 fully saturated rings. The second kappa shape index (κ2) is 8.02. The number of anilines is 2. The molecule has 0 spiro atoms. The monoisotopic (exact) mass is 403 g/mol. The average Bonchev–Trinajstić information content (AvgIpc) is 3.21. The van der Waals surface area contributed by atoms with Gasteiger partial charge < -0.3 is 15.4 Å². The normalized spacial score (nSPS) is 15.6. The van der Waals surface area contributed by atoms with E-state index in [0.717, 1.165) is 11.3 Å². The van der Waals surface area contributed by atoms with Crippen molar-refractivity contribution in [2.24, 2.45) is 0 Å². The number of para-hydroxylation sites is 2. The number of amides is 1. The first-order valence-electron chi connectivity index (χ1n) is 9.91. The van der Waals surface area contributed by atoms with Gasteiger partial charge in [-0.05, 0) is 36.1 Å². The molecular weight excluding hydrogens is 378 g/mol. The highest BCUT2D eigenvalue weighted by atomic mass is 16.5. The first kappa shape index (κ1) is 19.7. The number of methoxy groups -OCH3 is 1. The molecule has 154 valence electrons. The molecule has 7 heteroatoms. The number of allylic oxidation sites excluding steroid dienone is 1. The van der Waals surface area contributed by atoms with Gasteiger partial charge in [-0.15, -0.1) is 0 Å². The van der Waals surface area contributed by atoms with Crippen molar-refractivity contribution in [3.63, 3.8) is 0 Å². The Labute approximate surface area is 175 Å². The van der Waals surface area contributed by atoms with Crippen LogP contribution in [0.2, 0.25) is 0 Å². The molecule has 2 heterocycles. The number of ether oxygens (including phenoxy) is 1. The van der Waals surface area contributed by atoms with E-state index in [-0.39, 0.29) is 11.9 Å². The minimum Gasteiger partial charge on any atom is -0.495 e. The van der Waals surface area contributed by atoms with Crippen LogP contribution in [-0.2, 0) is 4.79 Å². The lowest BCUT2D eigenvalue weighted by molar-refractivity contribution is -0.113. The molecule has 0 bridgehead atoms. The number of hydrogen-bond acceptors (Lipinski definition) is 5. The molecule has 4 rings (SSSR count). The first-order chi connectivity index (χ1) is 14.5. The summed E-state index contributed by atoms with van der Waals surface area (Å²) < 4.78 is 7.12. The lowest BCUT2D eigenvalue weighted by atomic mass is 9.92. The van der Waals surface area contributed by atoms with Crippen LogP contribution in [-0.4, -0.2) is 27.8 Å². The lowest BCUT2D eigenvalue weighted by Crippen LogP contribution is -2.31. The van der Waals surface area contributed by atoms with Crippen molar-refractivity contribution in [3.05, 3.63) is 77.3 Å². The third-order valence-corrected chi connectivity index (χ3v) is 5.31. The molecule has 7 nitrogen and oxygen atoms in total. The second-order valence-corrected chi connectivity index (χ2v) is 7.57. The van der Waals surface area contributed by atoms with Crippen molar-refractivity contribution in [3.8, 4) is 5.75 Å². The highest BCUT2D eigenvalue weighted by Gasteiger charge is 2.33. The SMILES string of the molecule is COc1ccccc1NC(=O)C1=C(C)Nc2ncnn2[C@H]1c1ccc(C(C)C)cc1. The quantitative estimate of drug-likeness (QED) is 0.662. The summed E-state index contributed by atoms with van der Waals surface area (Å²) >= 11 is 0. The Morgan fingerprint density at radius 2 is 1.90 bits per heavy atom. The van der Waals surface area contributed by atoms with Crippen molar-refractivity contribution in [1.29, 1.82) is 0 Å². The van der Waals surface area contributed by atoms with Gasteiger partial charge in [-0.25, -0.2) is 4.68 Å². The zero-order valence-electron chi connectivity index (χ0n) is 17.5. The van der Waals surface area contributed by atoms with Gasteiger partial charge in [0.05, 0.1) is 18.4 Å². The van der Waals surface area contributed by atoms with Gasteiger partial charge in [-0.3, -0.25) is 4.79 Å². The van der Waals surface area contributed by atoms with Crippen LogP contribution in [0.25, 0.3) is 0 Å². The number of fused-ring (bicyclic) bond motifs is 1. The Balaban J connectivity index is 1.75. The zero-order chi connectivity index (χ0) is 21.3. The van der Waals surface area contributed by atoms with Crippen LogP contribution in [0.3, 0.4) is 0 Å². The highest BCUT2D eigenvalue weighted by Crippen LogP contribution is 2.36. The van der Waals surface area contributed by atoms with Crippen LogP contribution < -0.4 is 15.4 Å². The zero-order valence-corrected chi connectivity index (χ0v) is 17.5. The summed E-state index contributed by atoms with van der Waals surface area (Å²) in [4.78, 5) is 17.7. The topological polar surface area (TPSA) is 81.1 Å². The van der Waals surface area contributed by atoms with E-state index in [9.17, 15) is 4.79 Å². The van der Waals surface area contributed by atoms with E-state index in [1.807, 2.05) is 31.2 Å².